The Morgan fingerprint density at radius 3 is 2.75 bits per heavy atom. The minimum Gasteiger partial charge on any atom is -0.461 e. The number of halogens is 3. The molecule has 0 spiro atoms. The van der Waals surface area contributed by atoms with Gasteiger partial charge in [-0.1, -0.05) is 0 Å². The fourth-order valence-electron chi connectivity index (χ4n) is 2.48. The predicted molar refractivity (Wildman–Crippen MR) is 77.8 cm³/mol. The van der Waals surface area contributed by atoms with Gasteiger partial charge in [0, 0.05) is 24.1 Å². The zero-order chi connectivity index (χ0) is 17.1. The molecule has 1 unspecified atom stereocenters. The highest BCUT2D eigenvalue weighted by molar-refractivity contribution is 7.93. The van der Waals surface area contributed by atoms with Gasteiger partial charge in [0.2, 0.25) is 0 Å². The molecule has 24 heavy (non-hydrogen) atoms. The van der Waals surface area contributed by atoms with Crippen molar-refractivity contribution in [3.63, 3.8) is 0 Å². The van der Waals surface area contributed by atoms with Gasteiger partial charge in [-0.25, -0.2) is 21.6 Å². The van der Waals surface area contributed by atoms with Gasteiger partial charge >= 0.3 is 0 Å². The lowest BCUT2D eigenvalue weighted by Gasteiger charge is -2.07. The number of fused-ring (bicyclic) bond motifs is 1. The molecule has 3 aromatic rings. The Bertz CT molecular complexity index is 1040. The van der Waals surface area contributed by atoms with Gasteiger partial charge in [0.25, 0.3) is 15.9 Å². The summed E-state index contributed by atoms with van der Waals surface area (Å²) in [6.07, 6.45) is 2.13. The van der Waals surface area contributed by atoms with E-state index in [-0.39, 0.29) is 28.1 Å². The van der Waals surface area contributed by atoms with E-state index in [1.54, 1.807) is 0 Å². The van der Waals surface area contributed by atoms with Crippen LogP contribution in [0.4, 0.5) is 19.0 Å². The summed E-state index contributed by atoms with van der Waals surface area (Å²) in [5.41, 5.74) is -0.180. The van der Waals surface area contributed by atoms with E-state index < -0.39 is 27.8 Å². The number of hydrogen-bond acceptors (Lipinski definition) is 4. The maximum atomic E-state index is 13.6. The number of sulfonamides is 1. The molecule has 1 fully saturated rings. The van der Waals surface area contributed by atoms with Crippen molar-refractivity contribution in [2.24, 2.45) is 0 Å². The van der Waals surface area contributed by atoms with Crippen LogP contribution in [0.15, 0.2) is 46.0 Å². The molecule has 4 rings (SSSR count). The molecule has 1 N–H and O–H groups in total. The second-order valence-electron chi connectivity index (χ2n) is 5.48. The van der Waals surface area contributed by atoms with Gasteiger partial charge in [-0.05, 0) is 18.2 Å². The second kappa shape index (κ2) is 4.76. The predicted octanol–water partition coefficient (Wildman–Crippen LogP) is 3.15. The maximum absolute atomic E-state index is 13.6. The number of furan rings is 1. The van der Waals surface area contributed by atoms with Crippen LogP contribution in [0.3, 0.4) is 0 Å². The van der Waals surface area contributed by atoms with Crippen molar-refractivity contribution in [2.75, 3.05) is 4.72 Å². The number of alkyl halides is 2. The molecule has 6 nitrogen and oxygen atoms in total. The van der Waals surface area contributed by atoms with Gasteiger partial charge in [-0.15, -0.1) is 0 Å². The van der Waals surface area contributed by atoms with Crippen molar-refractivity contribution in [1.82, 2.24) is 9.78 Å². The molecule has 0 radical (unpaired) electrons. The summed E-state index contributed by atoms with van der Waals surface area (Å²) in [5, 5.41) is 3.89. The van der Waals surface area contributed by atoms with Crippen LogP contribution >= 0.6 is 0 Å². The minimum absolute atomic E-state index is 0.0793. The summed E-state index contributed by atoms with van der Waals surface area (Å²) in [4.78, 5) is -0.195. The third kappa shape index (κ3) is 2.33. The van der Waals surface area contributed by atoms with E-state index in [1.807, 2.05) is 0 Å². The average molecular weight is 357 g/mol. The van der Waals surface area contributed by atoms with Gasteiger partial charge in [-0.2, -0.15) is 5.10 Å². The summed E-state index contributed by atoms with van der Waals surface area (Å²) < 4.78 is 72.7. The summed E-state index contributed by atoms with van der Waals surface area (Å²) in [6, 6.07) is 3.63. The number of anilines is 1. The standard InChI is InChI=1S/C14H10F3N3O3S/c15-9-1-2-10(8-4-6-23-13(8)9)24(21,22)19-12-3-5-20(18-12)11-7-14(11,16)17/h1-6,11H,7H2,(H,18,19). The number of rotatable bonds is 4. The van der Waals surface area contributed by atoms with Crippen molar-refractivity contribution in [2.45, 2.75) is 23.3 Å². The van der Waals surface area contributed by atoms with E-state index in [0.717, 1.165) is 16.8 Å². The average Bonchev–Trinajstić information content (AvgIpc) is 2.90. The van der Waals surface area contributed by atoms with Crippen LogP contribution in [0.25, 0.3) is 11.0 Å². The molecular weight excluding hydrogens is 347 g/mol. The first-order valence-electron chi connectivity index (χ1n) is 6.89. The summed E-state index contributed by atoms with van der Waals surface area (Å²) in [5.74, 6) is -3.60. The molecule has 2 aromatic heterocycles. The Morgan fingerprint density at radius 1 is 1.29 bits per heavy atom. The Morgan fingerprint density at radius 2 is 2.04 bits per heavy atom. The second-order valence-corrected chi connectivity index (χ2v) is 7.13. The number of hydrogen-bond donors (Lipinski definition) is 1. The van der Waals surface area contributed by atoms with Gasteiger partial charge in [-0.3, -0.25) is 9.40 Å². The van der Waals surface area contributed by atoms with Crippen LogP contribution < -0.4 is 4.72 Å². The number of aromatic nitrogens is 2. The third-order valence-corrected chi connectivity index (χ3v) is 5.19. The lowest BCUT2D eigenvalue weighted by molar-refractivity contribution is 0.0984. The minimum atomic E-state index is -4.09. The van der Waals surface area contributed by atoms with Crippen LogP contribution in [0.5, 0.6) is 0 Å². The van der Waals surface area contributed by atoms with Crippen molar-refractivity contribution < 1.29 is 26.0 Å². The highest BCUT2D eigenvalue weighted by Crippen LogP contribution is 2.52. The highest BCUT2D eigenvalue weighted by Gasteiger charge is 2.59. The molecule has 2 heterocycles. The molecule has 0 saturated heterocycles. The van der Waals surface area contributed by atoms with E-state index >= 15 is 0 Å². The molecule has 0 amide bonds. The van der Waals surface area contributed by atoms with Gasteiger partial charge in [0.05, 0.1) is 11.2 Å². The molecular formula is C14H10F3N3O3S. The first-order valence-corrected chi connectivity index (χ1v) is 8.38. The summed E-state index contributed by atoms with van der Waals surface area (Å²) in [6.45, 7) is 0. The maximum Gasteiger partial charge on any atom is 0.272 e. The van der Waals surface area contributed by atoms with Gasteiger partial charge in [0.15, 0.2) is 17.2 Å². The molecule has 1 atom stereocenters. The van der Waals surface area contributed by atoms with Crippen molar-refractivity contribution in [3.8, 4) is 0 Å². The fourth-order valence-corrected chi connectivity index (χ4v) is 3.67. The Kier molecular flexibility index (Phi) is 2.99. The Balaban J connectivity index is 1.66. The van der Waals surface area contributed by atoms with Crippen LogP contribution in [-0.4, -0.2) is 24.1 Å². The monoisotopic (exact) mass is 357 g/mol. The summed E-state index contributed by atoms with van der Waals surface area (Å²) in [7, 11) is -4.09. The number of benzene rings is 1. The molecule has 1 aliphatic rings. The van der Waals surface area contributed by atoms with E-state index in [9.17, 15) is 21.6 Å². The van der Waals surface area contributed by atoms with E-state index in [2.05, 4.69) is 9.82 Å². The topological polar surface area (TPSA) is 77.1 Å². The molecule has 1 aliphatic carbocycles. The van der Waals surface area contributed by atoms with Crippen molar-refractivity contribution in [3.05, 3.63) is 42.5 Å². The lowest BCUT2D eigenvalue weighted by atomic mass is 10.2. The highest BCUT2D eigenvalue weighted by atomic mass is 32.2. The van der Waals surface area contributed by atoms with Crippen LogP contribution in [0, 0.1) is 5.82 Å². The first kappa shape index (κ1) is 15.1. The number of nitrogens with zero attached hydrogens (tertiary/aromatic N) is 2. The Hall–Kier alpha value is -2.49. The first-order chi connectivity index (χ1) is 11.3. The molecule has 10 heteroatoms. The fraction of sp³-hybridized carbons (Fsp3) is 0.214. The van der Waals surface area contributed by atoms with E-state index in [0.29, 0.717) is 0 Å². The SMILES string of the molecule is O=S(=O)(Nc1ccn(C2CC2(F)F)n1)c1ccc(F)c2occc12. The van der Waals surface area contributed by atoms with Gasteiger partial charge < -0.3 is 4.42 Å². The van der Waals surface area contributed by atoms with Crippen LogP contribution in [0.2, 0.25) is 0 Å². The third-order valence-electron chi connectivity index (χ3n) is 3.78. The molecule has 1 saturated carbocycles. The normalized spacial score (nSPS) is 19.5. The summed E-state index contributed by atoms with van der Waals surface area (Å²) >= 11 is 0. The van der Waals surface area contributed by atoms with Crippen molar-refractivity contribution >= 4 is 26.8 Å². The zero-order valence-electron chi connectivity index (χ0n) is 11.9. The van der Waals surface area contributed by atoms with E-state index in [4.69, 9.17) is 4.42 Å². The number of nitrogens with one attached hydrogen (secondary N) is 1. The van der Waals surface area contributed by atoms with Gasteiger partial charge in [0.1, 0.15) is 6.04 Å². The van der Waals surface area contributed by atoms with Crippen LogP contribution in [-0.2, 0) is 10.0 Å². The largest absolute Gasteiger partial charge is 0.461 e. The molecule has 0 aliphatic heterocycles. The quantitative estimate of drug-likeness (QED) is 0.778. The van der Waals surface area contributed by atoms with E-state index in [1.165, 1.54) is 24.6 Å². The molecule has 0 bridgehead atoms. The lowest BCUT2D eigenvalue weighted by Crippen LogP contribution is -2.14. The van der Waals surface area contributed by atoms with Crippen molar-refractivity contribution in [1.29, 1.82) is 0 Å². The zero-order valence-corrected chi connectivity index (χ0v) is 12.7. The molecule has 126 valence electrons. The molecule has 1 aromatic carbocycles. The van der Waals surface area contributed by atoms with Crippen LogP contribution in [0.1, 0.15) is 12.5 Å². The Labute approximate surface area is 133 Å². The smallest absolute Gasteiger partial charge is 0.272 e.